The highest BCUT2D eigenvalue weighted by Gasteiger charge is 2.17. The van der Waals surface area contributed by atoms with Crippen molar-refractivity contribution in [2.75, 3.05) is 7.11 Å². The third kappa shape index (κ3) is 5.18. The first kappa shape index (κ1) is 17.2. The fourth-order valence-corrected chi connectivity index (χ4v) is 2.17. The van der Waals surface area contributed by atoms with Crippen molar-refractivity contribution in [1.82, 2.24) is 5.32 Å². The molecule has 0 aliphatic rings. The second kappa shape index (κ2) is 8.44. The molecule has 0 unspecified atom stereocenters. The van der Waals surface area contributed by atoms with Gasteiger partial charge < -0.3 is 14.8 Å². The summed E-state index contributed by atoms with van der Waals surface area (Å²) >= 11 is 5.84. The van der Waals surface area contributed by atoms with Crippen LogP contribution in [0.3, 0.4) is 0 Å². The van der Waals surface area contributed by atoms with Gasteiger partial charge in [-0.25, -0.2) is 0 Å². The molecule has 0 heterocycles. The number of hydrogen-bond acceptors (Lipinski definition) is 3. The van der Waals surface area contributed by atoms with Gasteiger partial charge in [-0.3, -0.25) is 4.79 Å². The van der Waals surface area contributed by atoms with Gasteiger partial charge >= 0.3 is 0 Å². The summed E-state index contributed by atoms with van der Waals surface area (Å²) in [5.41, 5.74) is 1.00. The van der Waals surface area contributed by atoms with Gasteiger partial charge in [0.25, 0.3) is 5.91 Å². The molecule has 0 aliphatic heterocycles. The van der Waals surface area contributed by atoms with Gasteiger partial charge in [-0.2, -0.15) is 0 Å². The van der Waals surface area contributed by atoms with Crippen molar-refractivity contribution in [3.8, 4) is 11.5 Å². The maximum atomic E-state index is 12.3. The van der Waals surface area contributed by atoms with Crippen LogP contribution < -0.4 is 14.8 Å². The van der Waals surface area contributed by atoms with Crippen LogP contribution in [0.25, 0.3) is 0 Å². The van der Waals surface area contributed by atoms with Crippen LogP contribution in [-0.4, -0.2) is 19.1 Å². The Morgan fingerprint density at radius 2 is 1.70 bits per heavy atom. The molecule has 0 bridgehead atoms. The molecule has 0 spiro atoms. The van der Waals surface area contributed by atoms with E-state index in [2.05, 4.69) is 5.32 Å². The SMILES string of the molecule is CC[C@H](Oc1ccc(Cl)cc1)C(=O)NCc1ccc(OC)cc1. The van der Waals surface area contributed by atoms with Crippen LogP contribution in [0.15, 0.2) is 48.5 Å². The molecule has 1 N–H and O–H groups in total. The molecule has 2 aromatic rings. The number of benzene rings is 2. The maximum absolute atomic E-state index is 12.3. The van der Waals surface area contributed by atoms with E-state index in [-0.39, 0.29) is 5.91 Å². The van der Waals surface area contributed by atoms with Gasteiger partial charge in [-0.15, -0.1) is 0 Å². The van der Waals surface area contributed by atoms with Crippen LogP contribution in [-0.2, 0) is 11.3 Å². The average Bonchev–Trinajstić information content (AvgIpc) is 2.59. The van der Waals surface area contributed by atoms with Crippen molar-refractivity contribution in [2.45, 2.75) is 26.0 Å². The fourth-order valence-electron chi connectivity index (χ4n) is 2.05. The topological polar surface area (TPSA) is 47.6 Å². The van der Waals surface area contributed by atoms with Crippen molar-refractivity contribution in [2.24, 2.45) is 0 Å². The number of ether oxygens (including phenoxy) is 2. The number of methoxy groups -OCH3 is 1. The summed E-state index contributed by atoms with van der Waals surface area (Å²) in [5.74, 6) is 1.27. The highest BCUT2D eigenvalue weighted by Crippen LogP contribution is 2.18. The summed E-state index contributed by atoms with van der Waals surface area (Å²) in [7, 11) is 1.62. The molecule has 0 fully saturated rings. The van der Waals surface area contributed by atoms with E-state index in [9.17, 15) is 4.79 Å². The first-order valence-electron chi connectivity index (χ1n) is 7.45. The van der Waals surface area contributed by atoms with E-state index < -0.39 is 6.10 Å². The fraction of sp³-hybridized carbons (Fsp3) is 0.278. The largest absolute Gasteiger partial charge is 0.497 e. The molecule has 2 rings (SSSR count). The lowest BCUT2D eigenvalue weighted by atomic mass is 10.2. The van der Waals surface area contributed by atoms with E-state index in [0.717, 1.165) is 11.3 Å². The molecule has 0 aromatic heterocycles. The van der Waals surface area contributed by atoms with Crippen molar-refractivity contribution in [1.29, 1.82) is 0 Å². The zero-order valence-corrected chi connectivity index (χ0v) is 14.0. The minimum Gasteiger partial charge on any atom is -0.497 e. The first-order chi connectivity index (χ1) is 11.1. The van der Waals surface area contributed by atoms with Gasteiger partial charge in [-0.05, 0) is 48.4 Å². The van der Waals surface area contributed by atoms with Crippen LogP contribution in [0.1, 0.15) is 18.9 Å². The van der Waals surface area contributed by atoms with Crippen LogP contribution in [0.4, 0.5) is 0 Å². The minimum absolute atomic E-state index is 0.140. The summed E-state index contributed by atoms with van der Waals surface area (Å²) in [4.78, 5) is 12.3. The first-order valence-corrected chi connectivity index (χ1v) is 7.83. The lowest BCUT2D eigenvalue weighted by molar-refractivity contribution is -0.128. The van der Waals surface area contributed by atoms with Gasteiger partial charge in [0.15, 0.2) is 6.10 Å². The Bertz CT molecular complexity index is 626. The molecule has 23 heavy (non-hydrogen) atoms. The molecular formula is C18H20ClNO3. The molecule has 2 aromatic carbocycles. The number of rotatable bonds is 7. The lowest BCUT2D eigenvalue weighted by Crippen LogP contribution is -2.37. The zero-order chi connectivity index (χ0) is 16.7. The molecular weight excluding hydrogens is 314 g/mol. The maximum Gasteiger partial charge on any atom is 0.261 e. The highest BCUT2D eigenvalue weighted by molar-refractivity contribution is 6.30. The smallest absolute Gasteiger partial charge is 0.261 e. The quantitative estimate of drug-likeness (QED) is 0.837. The van der Waals surface area contributed by atoms with E-state index in [0.29, 0.717) is 23.7 Å². The Morgan fingerprint density at radius 1 is 1.09 bits per heavy atom. The van der Waals surface area contributed by atoms with Gasteiger partial charge in [-0.1, -0.05) is 30.7 Å². The lowest BCUT2D eigenvalue weighted by Gasteiger charge is -2.17. The summed E-state index contributed by atoms with van der Waals surface area (Å²) in [6.45, 7) is 2.36. The van der Waals surface area contributed by atoms with Crippen LogP contribution in [0.5, 0.6) is 11.5 Å². The molecule has 0 saturated heterocycles. The Morgan fingerprint density at radius 3 is 2.26 bits per heavy atom. The van der Waals surface area contributed by atoms with Gasteiger partial charge in [0.1, 0.15) is 11.5 Å². The number of carbonyl (C=O) groups is 1. The summed E-state index contributed by atoms with van der Waals surface area (Å²) in [6.07, 6.45) is 0.0475. The molecule has 5 heteroatoms. The van der Waals surface area contributed by atoms with E-state index in [1.54, 1.807) is 31.4 Å². The monoisotopic (exact) mass is 333 g/mol. The van der Waals surface area contributed by atoms with E-state index in [4.69, 9.17) is 21.1 Å². The molecule has 0 saturated carbocycles. The Labute approximate surface area is 141 Å². The Hall–Kier alpha value is -2.20. The molecule has 122 valence electrons. The number of halogens is 1. The van der Waals surface area contributed by atoms with Crippen molar-refractivity contribution >= 4 is 17.5 Å². The van der Waals surface area contributed by atoms with E-state index in [1.165, 1.54) is 0 Å². The minimum atomic E-state index is -0.533. The molecule has 1 atom stereocenters. The van der Waals surface area contributed by atoms with Crippen molar-refractivity contribution in [3.05, 3.63) is 59.1 Å². The summed E-state index contributed by atoms with van der Waals surface area (Å²) < 4.78 is 10.8. The van der Waals surface area contributed by atoms with Gasteiger partial charge in [0.2, 0.25) is 0 Å². The second-order valence-electron chi connectivity index (χ2n) is 5.03. The average molecular weight is 334 g/mol. The molecule has 1 amide bonds. The van der Waals surface area contributed by atoms with Gasteiger partial charge in [0, 0.05) is 11.6 Å². The van der Waals surface area contributed by atoms with E-state index >= 15 is 0 Å². The van der Waals surface area contributed by atoms with Crippen LogP contribution in [0.2, 0.25) is 5.02 Å². The summed E-state index contributed by atoms with van der Waals surface area (Å²) in [5, 5.41) is 3.52. The second-order valence-corrected chi connectivity index (χ2v) is 5.47. The number of hydrogen-bond donors (Lipinski definition) is 1. The third-order valence-corrected chi connectivity index (χ3v) is 3.63. The predicted molar refractivity (Wildman–Crippen MR) is 91.0 cm³/mol. The molecule has 4 nitrogen and oxygen atoms in total. The predicted octanol–water partition coefficient (Wildman–Crippen LogP) is 3.82. The van der Waals surface area contributed by atoms with Crippen molar-refractivity contribution in [3.63, 3.8) is 0 Å². The zero-order valence-electron chi connectivity index (χ0n) is 13.2. The van der Waals surface area contributed by atoms with Crippen LogP contribution in [0, 0.1) is 0 Å². The normalized spacial score (nSPS) is 11.6. The third-order valence-electron chi connectivity index (χ3n) is 3.38. The number of nitrogens with one attached hydrogen (secondary N) is 1. The standard InChI is InChI=1S/C18H20ClNO3/c1-3-17(23-16-10-6-14(19)7-11-16)18(21)20-12-13-4-8-15(22-2)9-5-13/h4-11,17H,3,12H2,1-2H3,(H,20,21)/t17-/m0/s1. The Kier molecular flexibility index (Phi) is 6.29. The molecule has 0 aliphatic carbocycles. The number of amides is 1. The van der Waals surface area contributed by atoms with Gasteiger partial charge in [0.05, 0.1) is 7.11 Å². The highest BCUT2D eigenvalue weighted by atomic mass is 35.5. The molecule has 0 radical (unpaired) electrons. The van der Waals surface area contributed by atoms with Crippen molar-refractivity contribution < 1.29 is 14.3 Å². The van der Waals surface area contributed by atoms with Crippen LogP contribution >= 0.6 is 11.6 Å². The van der Waals surface area contributed by atoms with E-state index in [1.807, 2.05) is 31.2 Å². The Balaban J connectivity index is 1.90. The summed E-state index contributed by atoms with van der Waals surface area (Å²) in [6, 6.07) is 14.5. The number of carbonyl (C=O) groups excluding carboxylic acids is 1.